The van der Waals surface area contributed by atoms with Gasteiger partial charge in [0.2, 0.25) is 0 Å². The third kappa shape index (κ3) is 2.36. The third-order valence-corrected chi connectivity index (χ3v) is 3.47. The molecule has 3 rings (SSSR count). The van der Waals surface area contributed by atoms with Crippen LogP contribution in [0.15, 0.2) is 67.1 Å². The van der Waals surface area contributed by atoms with Gasteiger partial charge in [-0.05, 0) is 16.7 Å². The molecule has 100 valence electrons. The Morgan fingerprint density at radius 2 is 1.60 bits per heavy atom. The van der Waals surface area contributed by atoms with Gasteiger partial charge >= 0.3 is 0 Å². The summed E-state index contributed by atoms with van der Waals surface area (Å²) in [6.07, 6.45) is 2.74. The first-order valence-electron chi connectivity index (χ1n) is 6.55. The van der Waals surface area contributed by atoms with Gasteiger partial charge in [0.15, 0.2) is 0 Å². The van der Waals surface area contributed by atoms with E-state index in [-0.39, 0.29) is 0 Å². The maximum atomic E-state index is 10.4. The van der Waals surface area contributed by atoms with Gasteiger partial charge in [0.25, 0.3) is 0 Å². The van der Waals surface area contributed by atoms with Gasteiger partial charge in [-0.15, -0.1) is 0 Å². The number of benzene rings is 2. The molecule has 20 heavy (non-hydrogen) atoms. The molecule has 0 saturated carbocycles. The molecule has 0 bridgehead atoms. The summed E-state index contributed by atoms with van der Waals surface area (Å²) in [5.74, 6) is 0. The minimum atomic E-state index is -0.646. The highest BCUT2D eigenvalue weighted by Gasteiger charge is 2.13. The highest BCUT2D eigenvalue weighted by molar-refractivity contribution is 5.63. The van der Waals surface area contributed by atoms with Gasteiger partial charge in [0.1, 0.15) is 6.10 Å². The lowest BCUT2D eigenvalue weighted by atomic mass is 10.0. The molecule has 1 aromatic heterocycles. The molecular weight excluding hydrogens is 248 g/mol. The Morgan fingerprint density at radius 3 is 2.20 bits per heavy atom. The predicted octanol–water partition coefficient (Wildman–Crippen LogP) is 3.17. The zero-order chi connectivity index (χ0) is 13.9. The molecule has 0 aliphatic heterocycles. The Kier molecular flexibility index (Phi) is 3.35. The molecule has 3 nitrogen and oxygen atoms in total. The van der Waals surface area contributed by atoms with E-state index in [9.17, 15) is 5.11 Å². The van der Waals surface area contributed by atoms with Gasteiger partial charge < -0.3 is 9.67 Å². The maximum absolute atomic E-state index is 10.4. The summed E-state index contributed by atoms with van der Waals surface area (Å²) in [4.78, 5) is 4.04. The second kappa shape index (κ2) is 5.31. The van der Waals surface area contributed by atoms with Crippen LogP contribution < -0.4 is 0 Å². The number of aliphatic hydroxyl groups is 1. The summed E-state index contributed by atoms with van der Waals surface area (Å²) in [7, 11) is 1.88. The molecule has 0 saturated heterocycles. The van der Waals surface area contributed by atoms with Gasteiger partial charge in [0.05, 0.1) is 18.2 Å². The number of imidazole rings is 1. The van der Waals surface area contributed by atoms with Crippen molar-refractivity contribution in [1.29, 1.82) is 0 Å². The lowest BCUT2D eigenvalue weighted by molar-refractivity contribution is 0.211. The van der Waals surface area contributed by atoms with Crippen molar-refractivity contribution in [2.45, 2.75) is 6.10 Å². The standard InChI is InChI=1S/C17H16N2O/c1-19-12-18-11-16(19)17(20)15-9-7-14(8-10-15)13-5-3-2-4-6-13/h2-12,17,20H,1H3. The van der Waals surface area contributed by atoms with E-state index in [1.54, 1.807) is 12.5 Å². The van der Waals surface area contributed by atoms with Crippen molar-refractivity contribution >= 4 is 0 Å². The van der Waals surface area contributed by atoms with Crippen molar-refractivity contribution in [3.8, 4) is 11.1 Å². The molecule has 0 aliphatic rings. The van der Waals surface area contributed by atoms with E-state index in [1.807, 2.05) is 54.1 Å². The van der Waals surface area contributed by atoms with Gasteiger partial charge in [-0.2, -0.15) is 0 Å². The third-order valence-electron chi connectivity index (χ3n) is 3.47. The highest BCUT2D eigenvalue weighted by atomic mass is 16.3. The fourth-order valence-electron chi connectivity index (χ4n) is 2.29. The van der Waals surface area contributed by atoms with Crippen LogP contribution in [0.3, 0.4) is 0 Å². The van der Waals surface area contributed by atoms with Crippen molar-refractivity contribution in [3.63, 3.8) is 0 Å². The van der Waals surface area contributed by atoms with E-state index in [2.05, 4.69) is 17.1 Å². The first-order valence-corrected chi connectivity index (χ1v) is 6.55. The normalized spacial score (nSPS) is 12.3. The average molecular weight is 264 g/mol. The molecule has 0 amide bonds. The molecule has 1 heterocycles. The van der Waals surface area contributed by atoms with E-state index >= 15 is 0 Å². The Balaban J connectivity index is 1.89. The van der Waals surface area contributed by atoms with Crippen molar-refractivity contribution in [3.05, 3.63) is 78.4 Å². The quantitative estimate of drug-likeness (QED) is 0.789. The summed E-state index contributed by atoms with van der Waals surface area (Å²) >= 11 is 0. The van der Waals surface area contributed by atoms with Gasteiger partial charge in [-0.3, -0.25) is 0 Å². The van der Waals surface area contributed by atoms with E-state index < -0.39 is 6.10 Å². The van der Waals surface area contributed by atoms with Crippen LogP contribution in [-0.2, 0) is 7.05 Å². The van der Waals surface area contributed by atoms with Crippen molar-refractivity contribution in [2.75, 3.05) is 0 Å². The van der Waals surface area contributed by atoms with Gasteiger partial charge in [0, 0.05) is 7.05 Å². The lowest BCUT2D eigenvalue weighted by Gasteiger charge is -2.12. The van der Waals surface area contributed by atoms with Gasteiger partial charge in [-0.25, -0.2) is 4.98 Å². The minimum absolute atomic E-state index is 0.646. The number of nitrogens with zero attached hydrogens (tertiary/aromatic N) is 2. The lowest BCUT2D eigenvalue weighted by Crippen LogP contribution is -2.04. The average Bonchev–Trinajstić information content (AvgIpc) is 2.94. The summed E-state index contributed by atoms with van der Waals surface area (Å²) in [5.41, 5.74) is 3.98. The summed E-state index contributed by atoms with van der Waals surface area (Å²) in [6, 6.07) is 18.2. The van der Waals surface area contributed by atoms with E-state index in [0.717, 1.165) is 16.8 Å². The van der Waals surface area contributed by atoms with E-state index in [0.29, 0.717) is 0 Å². The van der Waals surface area contributed by atoms with Crippen LogP contribution in [0, 0.1) is 0 Å². The number of aryl methyl sites for hydroxylation is 1. The molecule has 3 heteroatoms. The van der Waals surface area contributed by atoms with E-state index in [4.69, 9.17) is 0 Å². The predicted molar refractivity (Wildman–Crippen MR) is 79.1 cm³/mol. The second-order valence-corrected chi connectivity index (χ2v) is 4.82. The zero-order valence-corrected chi connectivity index (χ0v) is 11.3. The molecule has 0 aliphatic carbocycles. The molecule has 2 aromatic carbocycles. The second-order valence-electron chi connectivity index (χ2n) is 4.82. The molecule has 0 radical (unpaired) electrons. The fraction of sp³-hybridized carbons (Fsp3) is 0.118. The minimum Gasteiger partial charge on any atom is -0.382 e. The van der Waals surface area contributed by atoms with Crippen LogP contribution in [0.4, 0.5) is 0 Å². The summed E-state index contributed by atoms with van der Waals surface area (Å²) < 4.78 is 1.83. The van der Waals surface area contributed by atoms with E-state index in [1.165, 1.54) is 5.56 Å². The van der Waals surface area contributed by atoms with Crippen LogP contribution >= 0.6 is 0 Å². The van der Waals surface area contributed by atoms with Crippen LogP contribution in [0.5, 0.6) is 0 Å². The molecule has 0 spiro atoms. The molecule has 1 unspecified atom stereocenters. The zero-order valence-electron chi connectivity index (χ0n) is 11.3. The SMILES string of the molecule is Cn1cncc1C(O)c1ccc(-c2ccccc2)cc1. The van der Waals surface area contributed by atoms with Crippen molar-refractivity contribution < 1.29 is 5.11 Å². The fourth-order valence-corrected chi connectivity index (χ4v) is 2.29. The first-order chi connectivity index (χ1) is 9.75. The summed E-state index contributed by atoms with van der Waals surface area (Å²) in [6.45, 7) is 0. The van der Waals surface area contributed by atoms with Crippen LogP contribution in [-0.4, -0.2) is 14.7 Å². The monoisotopic (exact) mass is 264 g/mol. The highest BCUT2D eigenvalue weighted by Crippen LogP contribution is 2.25. The number of aliphatic hydroxyl groups excluding tert-OH is 1. The van der Waals surface area contributed by atoms with Crippen LogP contribution in [0.1, 0.15) is 17.4 Å². The van der Waals surface area contributed by atoms with Crippen LogP contribution in [0.2, 0.25) is 0 Å². The van der Waals surface area contributed by atoms with Crippen molar-refractivity contribution in [2.24, 2.45) is 7.05 Å². The Labute approximate surface area is 118 Å². The van der Waals surface area contributed by atoms with Gasteiger partial charge in [-0.1, -0.05) is 54.6 Å². The number of rotatable bonds is 3. The molecule has 3 aromatic rings. The smallest absolute Gasteiger partial charge is 0.121 e. The first kappa shape index (κ1) is 12.6. The Bertz CT molecular complexity index is 687. The largest absolute Gasteiger partial charge is 0.382 e. The summed E-state index contributed by atoms with van der Waals surface area (Å²) in [5, 5.41) is 10.4. The number of aromatic nitrogens is 2. The number of hydrogen-bond acceptors (Lipinski definition) is 2. The van der Waals surface area contributed by atoms with Crippen molar-refractivity contribution in [1.82, 2.24) is 9.55 Å². The number of hydrogen-bond donors (Lipinski definition) is 1. The molecule has 0 fully saturated rings. The molecule has 1 N–H and O–H groups in total. The Hall–Kier alpha value is -2.39. The van der Waals surface area contributed by atoms with Crippen LogP contribution in [0.25, 0.3) is 11.1 Å². The molecular formula is C17H16N2O. The Morgan fingerprint density at radius 1 is 0.950 bits per heavy atom. The topological polar surface area (TPSA) is 38.0 Å². The molecule has 1 atom stereocenters. The maximum Gasteiger partial charge on any atom is 0.121 e.